The van der Waals surface area contributed by atoms with E-state index in [4.69, 9.17) is 4.74 Å². The first-order valence-electron chi connectivity index (χ1n) is 7.24. The third-order valence-corrected chi connectivity index (χ3v) is 3.30. The van der Waals surface area contributed by atoms with Crippen LogP contribution >= 0.6 is 0 Å². The lowest BCUT2D eigenvalue weighted by Gasteiger charge is -2.12. The lowest BCUT2D eigenvalue weighted by molar-refractivity contribution is -0.114. The average Bonchev–Trinajstić information content (AvgIpc) is 2.44. The van der Waals surface area contributed by atoms with Crippen LogP contribution in [0, 0.1) is 20.8 Å². The zero-order valence-corrected chi connectivity index (χ0v) is 13.5. The molecule has 2 aromatic carbocycles. The molecule has 0 aliphatic heterocycles. The maximum Gasteiger partial charge on any atom is 0.243 e. The van der Waals surface area contributed by atoms with E-state index in [9.17, 15) is 4.79 Å². The van der Waals surface area contributed by atoms with Gasteiger partial charge >= 0.3 is 0 Å². The van der Waals surface area contributed by atoms with Gasteiger partial charge in [0.2, 0.25) is 5.91 Å². The molecular weight excluding hydrogens is 276 g/mol. The van der Waals surface area contributed by atoms with Crippen molar-refractivity contribution in [2.45, 2.75) is 20.8 Å². The van der Waals surface area contributed by atoms with Crippen molar-refractivity contribution in [1.82, 2.24) is 0 Å². The number of amides is 1. The molecule has 0 aliphatic carbocycles. The second-order valence-electron chi connectivity index (χ2n) is 5.48. The summed E-state index contributed by atoms with van der Waals surface area (Å²) in [6, 6.07) is 11.8. The number of nitrogens with one attached hydrogen (secondary N) is 2. The van der Waals surface area contributed by atoms with Crippen molar-refractivity contribution in [3.63, 3.8) is 0 Å². The lowest BCUT2D eigenvalue weighted by Crippen LogP contribution is -2.22. The smallest absolute Gasteiger partial charge is 0.243 e. The standard InChI is InChI=1S/C18H22N2O2/c1-12-5-6-17(22-4)16(10-12)20-18(21)11-19-15-8-13(2)7-14(3)9-15/h5-10,19H,11H2,1-4H3,(H,20,21). The molecule has 0 bridgehead atoms. The molecule has 2 rings (SSSR count). The van der Waals surface area contributed by atoms with Crippen LogP contribution in [0.4, 0.5) is 11.4 Å². The van der Waals surface area contributed by atoms with Gasteiger partial charge in [0.05, 0.1) is 19.3 Å². The highest BCUT2D eigenvalue weighted by Crippen LogP contribution is 2.25. The number of anilines is 2. The van der Waals surface area contributed by atoms with E-state index in [0.717, 1.165) is 11.3 Å². The Morgan fingerprint density at radius 2 is 1.68 bits per heavy atom. The first-order chi connectivity index (χ1) is 10.5. The number of hydrogen-bond acceptors (Lipinski definition) is 3. The van der Waals surface area contributed by atoms with Gasteiger partial charge in [-0.05, 0) is 61.7 Å². The summed E-state index contributed by atoms with van der Waals surface area (Å²) in [6.45, 7) is 6.26. The summed E-state index contributed by atoms with van der Waals surface area (Å²) in [6.07, 6.45) is 0. The summed E-state index contributed by atoms with van der Waals surface area (Å²) in [5.41, 5.74) is 5.04. The van der Waals surface area contributed by atoms with E-state index in [1.54, 1.807) is 7.11 Å². The highest BCUT2D eigenvalue weighted by Gasteiger charge is 2.08. The van der Waals surface area contributed by atoms with Crippen molar-refractivity contribution in [1.29, 1.82) is 0 Å². The van der Waals surface area contributed by atoms with Crippen LogP contribution in [0.25, 0.3) is 0 Å². The summed E-state index contributed by atoms with van der Waals surface area (Å²) >= 11 is 0. The van der Waals surface area contributed by atoms with Crippen LogP contribution in [0.2, 0.25) is 0 Å². The van der Waals surface area contributed by atoms with Gasteiger partial charge in [-0.3, -0.25) is 4.79 Å². The van der Waals surface area contributed by atoms with E-state index in [-0.39, 0.29) is 12.5 Å². The maximum atomic E-state index is 12.1. The van der Waals surface area contributed by atoms with Crippen molar-refractivity contribution in [2.75, 3.05) is 24.3 Å². The Bertz CT molecular complexity index is 661. The Morgan fingerprint density at radius 1 is 1.00 bits per heavy atom. The van der Waals surface area contributed by atoms with Gasteiger partial charge in [-0.15, -0.1) is 0 Å². The highest BCUT2D eigenvalue weighted by atomic mass is 16.5. The summed E-state index contributed by atoms with van der Waals surface area (Å²) in [4.78, 5) is 12.1. The van der Waals surface area contributed by atoms with Crippen LogP contribution in [0.5, 0.6) is 5.75 Å². The minimum absolute atomic E-state index is 0.108. The summed E-state index contributed by atoms with van der Waals surface area (Å²) < 4.78 is 5.26. The number of rotatable bonds is 5. The second-order valence-corrected chi connectivity index (χ2v) is 5.48. The van der Waals surface area contributed by atoms with E-state index in [1.165, 1.54) is 11.1 Å². The molecule has 2 N–H and O–H groups in total. The number of benzene rings is 2. The Balaban J connectivity index is 2.00. The predicted molar refractivity (Wildman–Crippen MR) is 90.8 cm³/mol. The second kappa shape index (κ2) is 6.98. The van der Waals surface area contributed by atoms with Crippen molar-refractivity contribution in [3.05, 3.63) is 53.1 Å². The van der Waals surface area contributed by atoms with Gasteiger partial charge in [0.1, 0.15) is 5.75 Å². The fourth-order valence-corrected chi connectivity index (χ4v) is 2.37. The molecule has 0 aliphatic rings. The fourth-order valence-electron chi connectivity index (χ4n) is 2.37. The molecule has 0 spiro atoms. The summed E-state index contributed by atoms with van der Waals surface area (Å²) in [5.74, 6) is 0.549. The molecule has 0 fully saturated rings. The number of hydrogen-bond donors (Lipinski definition) is 2. The van der Waals surface area contributed by atoms with E-state index in [1.807, 2.05) is 51.1 Å². The zero-order chi connectivity index (χ0) is 16.1. The van der Waals surface area contributed by atoms with Gasteiger partial charge in [-0.25, -0.2) is 0 Å². The van der Waals surface area contributed by atoms with Crippen LogP contribution < -0.4 is 15.4 Å². The summed E-state index contributed by atoms with van der Waals surface area (Å²) in [5, 5.41) is 6.02. The van der Waals surface area contributed by atoms with Gasteiger partial charge < -0.3 is 15.4 Å². The number of carbonyl (C=O) groups excluding carboxylic acids is 1. The summed E-state index contributed by atoms with van der Waals surface area (Å²) in [7, 11) is 1.59. The molecule has 0 radical (unpaired) electrons. The van der Waals surface area contributed by atoms with Crippen molar-refractivity contribution < 1.29 is 9.53 Å². The van der Waals surface area contributed by atoms with Crippen molar-refractivity contribution in [3.8, 4) is 5.75 Å². The molecule has 0 heterocycles. The van der Waals surface area contributed by atoms with E-state index in [0.29, 0.717) is 11.4 Å². The normalized spacial score (nSPS) is 10.2. The minimum Gasteiger partial charge on any atom is -0.495 e. The number of methoxy groups -OCH3 is 1. The van der Waals surface area contributed by atoms with Gasteiger partial charge in [-0.1, -0.05) is 12.1 Å². The highest BCUT2D eigenvalue weighted by molar-refractivity contribution is 5.95. The Hall–Kier alpha value is -2.49. The van der Waals surface area contributed by atoms with Crippen LogP contribution in [0.3, 0.4) is 0 Å². The Labute approximate surface area is 131 Å². The number of aryl methyl sites for hydroxylation is 3. The molecule has 0 aromatic heterocycles. The monoisotopic (exact) mass is 298 g/mol. The molecule has 4 heteroatoms. The van der Waals surface area contributed by atoms with E-state index < -0.39 is 0 Å². The Morgan fingerprint density at radius 3 is 2.32 bits per heavy atom. The molecule has 2 aromatic rings. The van der Waals surface area contributed by atoms with Crippen LogP contribution in [-0.2, 0) is 4.79 Å². The minimum atomic E-state index is -0.108. The molecule has 0 unspecified atom stereocenters. The molecular formula is C18H22N2O2. The third-order valence-electron chi connectivity index (χ3n) is 3.30. The first kappa shape index (κ1) is 15.9. The van der Waals surface area contributed by atoms with Crippen molar-refractivity contribution in [2.24, 2.45) is 0 Å². The SMILES string of the molecule is COc1ccc(C)cc1NC(=O)CNc1cc(C)cc(C)c1. The van der Waals surface area contributed by atoms with Gasteiger partial charge in [0.25, 0.3) is 0 Å². The first-order valence-corrected chi connectivity index (χ1v) is 7.24. The molecule has 0 saturated heterocycles. The van der Waals surface area contributed by atoms with Crippen LogP contribution in [0.1, 0.15) is 16.7 Å². The lowest BCUT2D eigenvalue weighted by atomic mass is 10.1. The van der Waals surface area contributed by atoms with Gasteiger partial charge in [-0.2, -0.15) is 0 Å². The molecule has 22 heavy (non-hydrogen) atoms. The van der Waals surface area contributed by atoms with E-state index >= 15 is 0 Å². The van der Waals surface area contributed by atoms with Gasteiger partial charge in [0.15, 0.2) is 0 Å². The van der Waals surface area contributed by atoms with Crippen LogP contribution in [0.15, 0.2) is 36.4 Å². The number of ether oxygens (including phenoxy) is 1. The third kappa shape index (κ3) is 4.25. The molecule has 4 nitrogen and oxygen atoms in total. The Kier molecular flexibility index (Phi) is 5.04. The molecule has 1 amide bonds. The zero-order valence-electron chi connectivity index (χ0n) is 13.5. The van der Waals surface area contributed by atoms with E-state index in [2.05, 4.69) is 16.7 Å². The largest absolute Gasteiger partial charge is 0.495 e. The molecule has 0 saturated carbocycles. The quantitative estimate of drug-likeness (QED) is 0.885. The van der Waals surface area contributed by atoms with Gasteiger partial charge in [0, 0.05) is 5.69 Å². The average molecular weight is 298 g/mol. The maximum absolute atomic E-state index is 12.1. The predicted octanol–water partition coefficient (Wildman–Crippen LogP) is 3.67. The van der Waals surface area contributed by atoms with Crippen LogP contribution in [-0.4, -0.2) is 19.6 Å². The fraction of sp³-hybridized carbons (Fsp3) is 0.278. The topological polar surface area (TPSA) is 50.4 Å². The van der Waals surface area contributed by atoms with Crippen molar-refractivity contribution >= 4 is 17.3 Å². The molecule has 0 atom stereocenters. The number of carbonyl (C=O) groups is 1. The molecule has 116 valence electrons.